The van der Waals surface area contributed by atoms with Gasteiger partial charge in [-0.15, -0.1) is 0 Å². The quantitative estimate of drug-likeness (QED) is 0.906. The van der Waals surface area contributed by atoms with E-state index in [2.05, 4.69) is 15.3 Å². The van der Waals surface area contributed by atoms with Crippen LogP contribution >= 0.6 is 0 Å². The fourth-order valence-electron chi connectivity index (χ4n) is 1.82. The van der Waals surface area contributed by atoms with Crippen molar-refractivity contribution < 1.29 is 9.53 Å². The van der Waals surface area contributed by atoms with Crippen LogP contribution in [-0.2, 0) is 11.2 Å². The van der Waals surface area contributed by atoms with E-state index in [4.69, 9.17) is 4.74 Å². The maximum absolute atomic E-state index is 12.0. The van der Waals surface area contributed by atoms with Crippen LogP contribution in [0.5, 0.6) is 5.75 Å². The molecule has 0 aliphatic carbocycles. The van der Waals surface area contributed by atoms with Gasteiger partial charge in [-0.05, 0) is 24.1 Å². The van der Waals surface area contributed by atoms with Crippen LogP contribution in [0.15, 0.2) is 42.9 Å². The van der Waals surface area contributed by atoms with Gasteiger partial charge in [-0.2, -0.15) is 0 Å². The molecule has 0 fully saturated rings. The number of benzene rings is 1. The first-order chi connectivity index (χ1) is 9.69. The second-order valence-corrected chi connectivity index (χ2v) is 4.53. The van der Waals surface area contributed by atoms with Gasteiger partial charge in [-0.1, -0.05) is 19.1 Å². The number of amides is 1. The van der Waals surface area contributed by atoms with Crippen LogP contribution in [0.25, 0.3) is 0 Å². The zero-order valence-electron chi connectivity index (χ0n) is 11.5. The Kier molecular flexibility index (Phi) is 4.65. The average Bonchev–Trinajstić information content (AvgIpc) is 2.49. The molecule has 5 heteroatoms. The van der Waals surface area contributed by atoms with E-state index in [9.17, 15) is 4.79 Å². The number of nitrogens with one attached hydrogen (secondary N) is 1. The van der Waals surface area contributed by atoms with Crippen LogP contribution in [0.1, 0.15) is 12.5 Å². The molecular weight excluding hydrogens is 254 g/mol. The summed E-state index contributed by atoms with van der Waals surface area (Å²) < 4.78 is 5.11. The Hall–Kier alpha value is -2.43. The van der Waals surface area contributed by atoms with Gasteiger partial charge in [0.1, 0.15) is 5.75 Å². The molecule has 0 saturated heterocycles. The minimum absolute atomic E-state index is 0.0682. The fraction of sp³-hybridized carbons (Fsp3) is 0.267. The Morgan fingerprint density at radius 2 is 2.05 bits per heavy atom. The molecule has 20 heavy (non-hydrogen) atoms. The van der Waals surface area contributed by atoms with Crippen LogP contribution in [0.2, 0.25) is 0 Å². The smallest absolute Gasteiger partial charge is 0.228 e. The topological polar surface area (TPSA) is 64.1 Å². The number of hydrogen-bond donors (Lipinski definition) is 1. The Morgan fingerprint density at radius 1 is 1.30 bits per heavy atom. The van der Waals surface area contributed by atoms with Gasteiger partial charge in [0.25, 0.3) is 0 Å². The molecule has 1 aromatic heterocycles. The van der Waals surface area contributed by atoms with Crippen molar-refractivity contribution >= 4 is 11.7 Å². The number of aromatic nitrogens is 2. The third kappa shape index (κ3) is 3.78. The monoisotopic (exact) mass is 271 g/mol. The molecule has 0 saturated carbocycles. The number of carbonyl (C=O) groups is 1. The molecule has 5 nitrogen and oxygen atoms in total. The van der Waals surface area contributed by atoms with Crippen molar-refractivity contribution in [2.24, 2.45) is 5.92 Å². The van der Waals surface area contributed by atoms with E-state index in [0.29, 0.717) is 12.2 Å². The van der Waals surface area contributed by atoms with Crippen LogP contribution in [0.4, 0.5) is 5.82 Å². The summed E-state index contributed by atoms with van der Waals surface area (Å²) in [7, 11) is 1.63. The number of rotatable bonds is 5. The van der Waals surface area contributed by atoms with E-state index in [0.717, 1.165) is 11.3 Å². The molecule has 0 spiro atoms. The van der Waals surface area contributed by atoms with E-state index >= 15 is 0 Å². The predicted octanol–water partition coefficient (Wildman–Crippen LogP) is 2.30. The van der Waals surface area contributed by atoms with Crippen molar-refractivity contribution in [2.75, 3.05) is 12.4 Å². The van der Waals surface area contributed by atoms with Crippen molar-refractivity contribution in [2.45, 2.75) is 13.3 Å². The highest BCUT2D eigenvalue weighted by atomic mass is 16.5. The molecule has 2 rings (SSSR count). The van der Waals surface area contributed by atoms with Crippen molar-refractivity contribution in [1.29, 1.82) is 0 Å². The lowest BCUT2D eigenvalue weighted by Gasteiger charge is -2.11. The van der Waals surface area contributed by atoms with Gasteiger partial charge in [0.2, 0.25) is 5.91 Å². The Bertz CT molecular complexity index is 555. The van der Waals surface area contributed by atoms with Crippen molar-refractivity contribution in [3.05, 3.63) is 48.4 Å². The van der Waals surface area contributed by atoms with Gasteiger partial charge in [0.15, 0.2) is 5.82 Å². The molecule has 1 atom stereocenters. The Labute approximate surface area is 118 Å². The molecule has 0 aliphatic heterocycles. The number of anilines is 1. The lowest BCUT2D eigenvalue weighted by molar-refractivity contribution is -0.119. The number of methoxy groups -OCH3 is 1. The molecular formula is C15H17N3O2. The lowest BCUT2D eigenvalue weighted by Crippen LogP contribution is -2.22. The fourth-order valence-corrected chi connectivity index (χ4v) is 1.82. The van der Waals surface area contributed by atoms with Gasteiger partial charge in [-0.25, -0.2) is 4.98 Å². The van der Waals surface area contributed by atoms with Gasteiger partial charge < -0.3 is 10.1 Å². The third-order valence-corrected chi connectivity index (χ3v) is 2.96. The minimum Gasteiger partial charge on any atom is -0.497 e. The van der Waals surface area contributed by atoms with Crippen molar-refractivity contribution in [3.63, 3.8) is 0 Å². The molecule has 1 heterocycles. The second-order valence-electron chi connectivity index (χ2n) is 4.53. The molecule has 0 bridgehead atoms. The van der Waals surface area contributed by atoms with E-state index in [1.165, 1.54) is 6.20 Å². The molecule has 1 aromatic carbocycles. The van der Waals surface area contributed by atoms with Gasteiger partial charge in [0, 0.05) is 18.3 Å². The van der Waals surface area contributed by atoms with E-state index in [1.54, 1.807) is 19.5 Å². The summed E-state index contributed by atoms with van der Waals surface area (Å²) in [6.07, 6.45) is 5.30. The molecule has 0 aliphatic rings. The van der Waals surface area contributed by atoms with E-state index in [-0.39, 0.29) is 11.8 Å². The lowest BCUT2D eigenvalue weighted by atomic mass is 10.0. The maximum Gasteiger partial charge on any atom is 0.228 e. The summed E-state index contributed by atoms with van der Waals surface area (Å²) in [5.74, 6) is 1.07. The standard InChI is InChI=1S/C15H17N3O2/c1-11(9-12-3-5-13(20-2)6-4-12)15(19)18-14-10-16-7-8-17-14/h3-8,10-11H,9H2,1-2H3,(H,17,18,19)/t11-/m0/s1. The molecule has 1 N–H and O–H groups in total. The highest BCUT2D eigenvalue weighted by Gasteiger charge is 2.14. The maximum atomic E-state index is 12.0. The largest absolute Gasteiger partial charge is 0.497 e. The summed E-state index contributed by atoms with van der Waals surface area (Å²) in [6.45, 7) is 1.88. The summed E-state index contributed by atoms with van der Waals surface area (Å²) in [5, 5.41) is 2.75. The van der Waals surface area contributed by atoms with E-state index < -0.39 is 0 Å². The van der Waals surface area contributed by atoms with Crippen molar-refractivity contribution in [3.8, 4) is 5.75 Å². The third-order valence-electron chi connectivity index (χ3n) is 2.96. The molecule has 2 aromatic rings. The van der Waals surface area contributed by atoms with Crippen LogP contribution in [0, 0.1) is 5.92 Å². The Balaban J connectivity index is 1.93. The summed E-state index contributed by atoms with van der Waals surface area (Å²) >= 11 is 0. The highest BCUT2D eigenvalue weighted by molar-refractivity contribution is 5.91. The summed E-state index contributed by atoms with van der Waals surface area (Å²) in [4.78, 5) is 20.0. The normalized spacial score (nSPS) is 11.7. The van der Waals surface area contributed by atoms with Crippen LogP contribution in [-0.4, -0.2) is 23.0 Å². The first kappa shape index (κ1) is 14.0. The zero-order chi connectivity index (χ0) is 14.4. The first-order valence-electron chi connectivity index (χ1n) is 6.39. The summed E-state index contributed by atoms with van der Waals surface area (Å²) in [6, 6.07) is 7.71. The van der Waals surface area contributed by atoms with Crippen LogP contribution < -0.4 is 10.1 Å². The zero-order valence-corrected chi connectivity index (χ0v) is 11.5. The number of carbonyl (C=O) groups excluding carboxylic acids is 1. The summed E-state index contributed by atoms with van der Waals surface area (Å²) in [5.41, 5.74) is 1.09. The molecule has 104 valence electrons. The average molecular weight is 271 g/mol. The molecule has 1 amide bonds. The SMILES string of the molecule is COc1ccc(C[C@H](C)C(=O)Nc2cnccn2)cc1. The second kappa shape index (κ2) is 6.65. The molecule has 0 radical (unpaired) electrons. The number of ether oxygens (including phenoxy) is 1. The minimum atomic E-state index is -0.148. The highest BCUT2D eigenvalue weighted by Crippen LogP contribution is 2.15. The predicted molar refractivity (Wildman–Crippen MR) is 76.5 cm³/mol. The van der Waals surface area contributed by atoms with Gasteiger partial charge in [-0.3, -0.25) is 9.78 Å². The number of nitrogens with zero attached hydrogens (tertiary/aromatic N) is 2. The van der Waals surface area contributed by atoms with Gasteiger partial charge >= 0.3 is 0 Å². The number of hydrogen-bond acceptors (Lipinski definition) is 4. The first-order valence-corrected chi connectivity index (χ1v) is 6.39. The van der Waals surface area contributed by atoms with E-state index in [1.807, 2.05) is 31.2 Å². The Morgan fingerprint density at radius 3 is 2.65 bits per heavy atom. The van der Waals surface area contributed by atoms with Crippen LogP contribution in [0.3, 0.4) is 0 Å². The molecule has 0 unspecified atom stereocenters. The van der Waals surface area contributed by atoms with Crippen molar-refractivity contribution in [1.82, 2.24) is 9.97 Å². The van der Waals surface area contributed by atoms with Gasteiger partial charge in [0.05, 0.1) is 13.3 Å².